The summed E-state index contributed by atoms with van der Waals surface area (Å²) in [6.45, 7) is 5.23. The Labute approximate surface area is 259 Å². The number of amides is 1. The van der Waals surface area contributed by atoms with E-state index in [0.717, 1.165) is 11.6 Å². The highest BCUT2D eigenvalue weighted by molar-refractivity contribution is 6.35. The van der Waals surface area contributed by atoms with Crippen molar-refractivity contribution in [3.05, 3.63) is 134 Å². The summed E-state index contributed by atoms with van der Waals surface area (Å²) in [6, 6.07) is 23.9. The number of ether oxygens (including phenoxy) is 2. The van der Waals surface area contributed by atoms with Gasteiger partial charge in [0.1, 0.15) is 11.6 Å². The van der Waals surface area contributed by atoms with Crippen molar-refractivity contribution in [2.24, 2.45) is 0 Å². The fourth-order valence-corrected chi connectivity index (χ4v) is 4.82. The van der Waals surface area contributed by atoms with Crippen LogP contribution in [-0.4, -0.2) is 23.5 Å². The topological polar surface area (TPSA) is 64.6 Å². The van der Waals surface area contributed by atoms with Gasteiger partial charge >= 0.3 is 5.97 Å². The molecule has 1 amide bonds. The molecule has 0 aromatic heterocycles. The number of hydrogen-bond donors (Lipinski definition) is 1. The summed E-state index contributed by atoms with van der Waals surface area (Å²) in [5.74, 6) is -2.11. The first-order valence-corrected chi connectivity index (χ1v) is 14.3. The minimum atomic E-state index is -0.987. The van der Waals surface area contributed by atoms with Crippen molar-refractivity contribution in [3.63, 3.8) is 0 Å². The number of halogens is 4. The van der Waals surface area contributed by atoms with E-state index in [1.165, 1.54) is 12.1 Å². The molecule has 4 aromatic rings. The maximum atomic E-state index is 15.4. The van der Waals surface area contributed by atoms with E-state index in [9.17, 15) is 9.59 Å². The smallest absolute Gasteiger partial charge is 0.329 e. The molecule has 0 saturated heterocycles. The molecule has 0 radical (unpaired) electrons. The fraction of sp³-hybridized carbons (Fsp3) is 0.212. The van der Waals surface area contributed by atoms with E-state index in [1.54, 1.807) is 63.2 Å². The van der Waals surface area contributed by atoms with E-state index in [4.69, 9.17) is 44.3 Å². The zero-order chi connectivity index (χ0) is 30.4. The van der Waals surface area contributed by atoms with Crippen molar-refractivity contribution in [2.45, 2.75) is 44.9 Å². The van der Waals surface area contributed by atoms with E-state index in [0.29, 0.717) is 26.2 Å². The lowest BCUT2D eigenvalue weighted by molar-refractivity contribution is -0.157. The van der Waals surface area contributed by atoms with Gasteiger partial charge in [0, 0.05) is 32.6 Å². The molecule has 5 nitrogen and oxygen atoms in total. The van der Waals surface area contributed by atoms with E-state index in [1.807, 2.05) is 30.3 Å². The molecule has 0 fully saturated rings. The summed E-state index contributed by atoms with van der Waals surface area (Å²) in [6.07, 6.45) is -0.598. The molecular weight excluding hydrogens is 600 g/mol. The lowest BCUT2D eigenvalue weighted by Gasteiger charge is -2.25. The Balaban J connectivity index is 1.58. The third-order valence-corrected chi connectivity index (χ3v) is 6.95. The van der Waals surface area contributed by atoms with Gasteiger partial charge in [-0.2, -0.15) is 0 Å². The molecule has 0 aliphatic carbocycles. The average molecular weight is 629 g/mol. The van der Waals surface area contributed by atoms with Crippen LogP contribution in [0.4, 0.5) is 4.39 Å². The van der Waals surface area contributed by atoms with Gasteiger partial charge in [-0.3, -0.25) is 4.79 Å². The molecule has 0 bridgehead atoms. The van der Waals surface area contributed by atoms with E-state index >= 15 is 4.39 Å². The zero-order valence-corrected chi connectivity index (χ0v) is 25.4. The van der Waals surface area contributed by atoms with Crippen molar-refractivity contribution in [3.8, 4) is 5.75 Å². The van der Waals surface area contributed by atoms with Gasteiger partial charge in [0.2, 0.25) is 0 Å². The molecule has 2 atom stereocenters. The first-order chi connectivity index (χ1) is 19.9. The number of nitrogens with one attached hydrogen (secondary N) is 1. The average Bonchev–Trinajstić information content (AvgIpc) is 2.92. The molecular formula is C33H29Cl3FNO4. The molecule has 9 heteroatoms. The second-order valence-corrected chi connectivity index (χ2v) is 11.9. The van der Waals surface area contributed by atoms with Crippen molar-refractivity contribution in [1.82, 2.24) is 5.32 Å². The van der Waals surface area contributed by atoms with Gasteiger partial charge in [-0.15, -0.1) is 0 Å². The number of esters is 1. The zero-order valence-electron chi connectivity index (χ0n) is 23.2. The Morgan fingerprint density at radius 1 is 0.857 bits per heavy atom. The highest BCUT2D eigenvalue weighted by Crippen LogP contribution is 2.35. The summed E-state index contributed by atoms with van der Waals surface area (Å²) in [5.41, 5.74) is 1.32. The van der Waals surface area contributed by atoms with Crippen LogP contribution < -0.4 is 10.1 Å². The largest absolute Gasteiger partial charge is 0.478 e. The van der Waals surface area contributed by atoms with Crippen molar-refractivity contribution >= 4 is 46.7 Å². The quantitative estimate of drug-likeness (QED) is 0.189. The van der Waals surface area contributed by atoms with Gasteiger partial charge in [-0.05, 0) is 74.4 Å². The third kappa shape index (κ3) is 8.48. The lowest BCUT2D eigenvalue weighted by atomic mass is 10.0. The Bertz CT molecular complexity index is 1560. The number of hydrogen-bond acceptors (Lipinski definition) is 4. The second-order valence-electron chi connectivity index (χ2n) is 10.6. The van der Waals surface area contributed by atoms with Gasteiger partial charge in [0.05, 0.1) is 0 Å². The molecule has 0 aliphatic heterocycles. The minimum Gasteiger partial charge on any atom is -0.478 e. The van der Waals surface area contributed by atoms with E-state index in [-0.39, 0.29) is 17.7 Å². The summed E-state index contributed by atoms with van der Waals surface area (Å²) in [7, 11) is 0. The van der Waals surface area contributed by atoms with Crippen LogP contribution in [0.1, 0.15) is 53.9 Å². The van der Waals surface area contributed by atoms with Crippen LogP contribution in [0.5, 0.6) is 5.75 Å². The normalized spacial score (nSPS) is 12.7. The third-order valence-electron chi connectivity index (χ3n) is 6.14. The number of carbonyl (C=O) groups is 2. The van der Waals surface area contributed by atoms with Crippen LogP contribution in [0.15, 0.2) is 91.0 Å². The van der Waals surface area contributed by atoms with Crippen LogP contribution in [0.25, 0.3) is 0 Å². The Morgan fingerprint density at radius 3 is 2.14 bits per heavy atom. The Hall–Kier alpha value is -3.58. The molecule has 0 aliphatic rings. The van der Waals surface area contributed by atoms with Crippen LogP contribution in [0.3, 0.4) is 0 Å². The molecule has 4 rings (SSSR count). The molecule has 1 unspecified atom stereocenters. The summed E-state index contributed by atoms with van der Waals surface area (Å²) >= 11 is 18.6. The van der Waals surface area contributed by atoms with E-state index < -0.39 is 35.4 Å². The van der Waals surface area contributed by atoms with Crippen molar-refractivity contribution < 1.29 is 23.5 Å². The van der Waals surface area contributed by atoms with Crippen LogP contribution in [0.2, 0.25) is 15.1 Å². The highest BCUT2D eigenvalue weighted by Gasteiger charge is 2.28. The van der Waals surface area contributed by atoms with E-state index in [2.05, 4.69) is 5.32 Å². The van der Waals surface area contributed by atoms with Crippen molar-refractivity contribution in [1.29, 1.82) is 0 Å². The number of benzene rings is 4. The minimum absolute atomic E-state index is 0.00837. The highest BCUT2D eigenvalue weighted by atomic mass is 35.5. The monoisotopic (exact) mass is 627 g/mol. The summed E-state index contributed by atoms with van der Waals surface area (Å²) in [4.78, 5) is 26.1. The number of carbonyl (C=O) groups excluding carboxylic acids is 2. The molecule has 218 valence electrons. The van der Waals surface area contributed by atoms with Gasteiger partial charge in [-0.25, -0.2) is 9.18 Å². The Kier molecular flexibility index (Phi) is 10.2. The first-order valence-electron chi connectivity index (χ1n) is 13.1. The summed E-state index contributed by atoms with van der Waals surface area (Å²) in [5, 5.41) is 4.00. The molecule has 0 spiro atoms. The molecule has 0 heterocycles. The lowest BCUT2D eigenvalue weighted by Crippen LogP contribution is -2.45. The molecule has 0 saturated carbocycles. The van der Waals surface area contributed by atoms with Gasteiger partial charge in [0.15, 0.2) is 17.7 Å². The standard InChI is InChI=1S/C33H29Cl3FNO4/c1-33(2,3)42-32(40)28(17-20-7-5-4-6-8-20)38-31(39)22-11-16-29(27(37)18-22)41-30(21-9-12-23(34)13-10-21)25-15-14-24(35)19-26(25)36/h4-16,18-19,28,30H,17H2,1-3H3,(H,38,39)/t28-,30?/m1/s1. The first kappa shape index (κ1) is 31.4. The predicted octanol–water partition coefficient (Wildman–Crippen LogP) is 8.64. The van der Waals surface area contributed by atoms with Gasteiger partial charge in [0.25, 0.3) is 5.91 Å². The molecule has 1 N–H and O–H groups in total. The predicted molar refractivity (Wildman–Crippen MR) is 164 cm³/mol. The maximum Gasteiger partial charge on any atom is 0.329 e. The second kappa shape index (κ2) is 13.6. The van der Waals surface area contributed by atoms with Gasteiger partial charge < -0.3 is 14.8 Å². The van der Waals surface area contributed by atoms with Crippen molar-refractivity contribution in [2.75, 3.05) is 0 Å². The SMILES string of the molecule is CC(C)(C)OC(=O)[C@@H](Cc1ccccc1)NC(=O)c1ccc(OC(c2ccc(Cl)cc2)c2ccc(Cl)cc2Cl)c(F)c1. The number of rotatable bonds is 9. The van der Waals surface area contributed by atoms with Gasteiger partial charge in [-0.1, -0.05) is 83.3 Å². The van der Waals surface area contributed by atoms with Crippen LogP contribution >= 0.6 is 34.8 Å². The maximum absolute atomic E-state index is 15.4. The van der Waals surface area contributed by atoms with Crippen LogP contribution in [-0.2, 0) is 16.0 Å². The fourth-order valence-electron chi connectivity index (χ4n) is 4.18. The Morgan fingerprint density at radius 2 is 1.52 bits per heavy atom. The summed E-state index contributed by atoms with van der Waals surface area (Å²) < 4.78 is 27.1. The molecule has 42 heavy (non-hydrogen) atoms. The molecule has 4 aromatic carbocycles. The van der Waals surface area contributed by atoms with Crippen LogP contribution in [0, 0.1) is 5.82 Å².